The lowest BCUT2D eigenvalue weighted by Gasteiger charge is -2.11. The van der Waals surface area contributed by atoms with Crippen LogP contribution in [0, 0.1) is 5.92 Å². The van der Waals surface area contributed by atoms with Gasteiger partial charge in [0, 0.05) is 10.9 Å². The molecular weight excluding hydrogens is 230 g/mol. The van der Waals surface area contributed by atoms with Crippen LogP contribution in [0.2, 0.25) is 0 Å². The van der Waals surface area contributed by atoms with Crippen LogP contribution in [0.1, 0.15) is 31.4 Å². The summed E-state index contributed by atoms with van der Waals surface area (Å²) in [5.74, 6) is 1.62. The molecule has 2 rings (SSSR count). The van der Waals surface area contributed by atoms with Crippen LogP contribution >= 0.6 is 11.8 Å². The molecule has 17 heavy (non-hydrogen) atoms. The zero-order valence-corrected chi connectivity index (χ0v) is 11.4. The molecule has 2 nitrogen and oxygen atoms in total. The van der Waals surface area contributed by atoms with Crippen molar-refractivity contribution in [2.45, 2.75) is 30.7 Å². The maximum Gasteiger partial charge on any atom is 0.0967 e. The fraction of sp³-hybridized carbons (Fsp3) is 0.571. The second-order valence-electron chi connectivity index (χ2n) is 4.66. The monoisotopic (exact) mass is 251 g/mol. The Balaban J connectivity index is 1.78. The Morgan fingerprint density at radius 1 is 1.47 bits per heavy atom. The molecule has 1 aliphatic carbocycles. The number of benzene rings is 1. The Morgan fingerprint density at radius 3 is 3.00 bits per heavy atom. The number of rotatable bonds is 7. The van der Waals surface area contributed by atoms with Gasteiger partial charge in [-0.3, -0.25) is 0 Å². The normalized spacial score (nSPS) is 17.1. The SMILES string of the molecule is CNC(C)c1cccc(SCOCC2CC2)c1. The van der Waals surface area contributed by atoms with Gasteiger partial charge in [-0.25, -0.2) is 0 Å². The van der Waals surface area contributed by atoms with Crippen molar-refractivity contribution in [2.24, 2.45) is 5.92 Å². The van der Waals surface area contributed by atoms with Crippen molar-refractivity contribution in [1.82, 2.24) is 5.32 Å². The molecule has 0 aromatic heterocycles. The molecule has 3 heteroatoms. The Morgan fingerprint density at radius 2 is 2.29 bits per heavy atom. The molecule has 0 radical (unpaired) electrons. The minimum absolute atomic E-state index is 0.405. The van der Waals surface area contributed by atoms with Crippen LogP contribution in [0.4, 0.5) is 0 Å². The van der Waals surface area contributed by atoms with E-state index in [4.69, 9.17) is 4.74 Å². The van der Waals surface area contributed by atoms with Crippen LogP contribution in [0.3, 0.4) is 0 Å². The van der Waals surface area contributed by atoms with Gasteiger partial charge < -0.3 is 10.1 Å². The number of ether oxygens (including phenoxy) is 1. The highest BCUT2D eigenvalue weighted by atomic mass is 32.2. The first-order valence-electron chi connectivity index (χ1n) is 6.27. The standard InChI is InChI=1S/C14H21NOS/c1-11(15-2)13-4-3-5-14(8-13)17-10-16-9-12-6-7-12/h3-5,8,11-12,15H,6-7,9-10H2,1-2H3. The summed E-state index contributed by atoms with van der Waals surface area (Å²) in [4.78, 5) is 1.29. The van der Waals surface area contributed by atoms with E-state index in [1.165, 1.54) is 23.3 Å². The van der Waals surface area contributed by atoms with Gasteiger partial charge >= 0.3 is 0 Å². The predicted octanol–water partition coefficient (Wildman–Crippen LogP) is 3.44. The molecule has 0 heterocycles. The van der Waals surface area contributed by atoms with Crippen LogP contribution in [0.25, 0.3) is 0 Å². The van der Waals surface area contributed by atoms with Crippen molar-refractivity contribution in [3.05, 3.63) is 29.8 Å². The van der Waals surface area contributed by atoms with Gasteiger partial charge in [-0.05, 0) is 50.4 Å². The van der Waals surface area contributed by atoms with Crippen LogP contribution in [-0.4, -0.2) is 19.6 Å². The van der Waals surface area contributed by atoms with E-state index in [2.05, 4.69) is 36.5 Å². The minimum atomic E-state index is 0.405. The van der Waals surface area contributed by atoms with E-state index in [-0.39, 0.29) is 0 Å². The lowest BCUT2D eigenvalue weighted by atomic mass is 10.1. The van der Waals surface area contributed by atoms with Gasteiger partial charge in [-0.2, -0.15) is 0 Å². The van der Waals surface area contributed by atoms with E-state index in [1.807, 2.05) is 7.05 Å². The van der Waals surface area contributed by atoms with E-state index in [0.29, 0.717) is 6.04 Å². The summed E-state index contributed by atoms with van der Waals surface area (Å²) in [7, 11) is 1.99. The lowest BCUT2D eigenvalue weighted by molar-refractivity contribution is 0.171. The van der Waals surface area contributed by atoms with Crippen LogP contribution < -0.4 is 5.32 Å². The third kappa shape index (κ3) is 4.34. The van der Waals surface area contributed by atoms with Crippen molar-refractivity contribution in [1.29, 1.82) is 0 Å². The highest BCUT2D eigenvalue weighted by Gasteiger charge is 2.20. The second kappa shape index (κ2) is 6.43. The van der Waals surface area contributed by atoms with Crippen molar-refractivity contribution < 1.29 is 4.74 Å². The summed E-state index contributed by atoms with van der Waals surface area (Å²) in [6, 6.07) is 9.08. The zero-order chi connectivity index (χ0) is 12.1. The van der Waals surface area contributed by atoms with Crippen LogP contribution in [0.15, 0.2) is 29.2 Å². The van der Waals surface area contributed by atoms with Crippen molar-refractivity contribution in [2.75, 3.05) is 19.6 Å². The topological polar surface area (TPSA) is 21.3 Å². The molecule has 1 N–H and O–H groups in total. The molecule has 1 aromatic rings. The van der Waals surface area contributed by atoms with Crippen molar-refractivity contribution >= 4 is 11.8 Å². The molecule has 0 spiro atoms. The summed E-state index contributed by atoms with van der Waals surface area (Å²) in [6.07, 6.45) is 2.72. The first-order valence-corrected chi connectivity index (χ1v) is 7.26. The Kier molecular flexibility index (Phi) is 4.89. The molecule has 1 aliphatic rings. The highest BCUT2D eigenvalue weighted by Crippen LogP contribution is 2.29. The van der Waals surface area contributed by atoms with E-state index >= 15 is 0 Å². The maximum absolute atomic E-state index is 5.64. The molecule has 1 unspecified atom stereocenters. The summed E-state index contributed by atoms with van der Waals surface area (Å²) < 4.78 is 5.64. The summed E-state index contributed by atoms with van der Waals surface area (Å²) in [6.45, 7) is 3.12. The van der Waals surface area contributed by atoms with Gasteiger partial charge in [0.15, 0.2) is 0 Å². The fourth-order valence-electron chi connectivity index (χ4n) is 1.65. The molecule has 0 saturated heterocycles. The third-order valence-electron chi connectivity index (χ3n) is 3.15. The fourth-order valence-corrected chi connectivity index (χ4v) is 2.36. The highest BCUT2D eigenvalue weighted by molar-refractivity contribution is 7.99. The van der Waals surface area contributed by atoms with Gasteiger partial charge in [-0.1, -0.05) is 23.9 Å². The second-order valence-corrected chi connectivity index (χ2v) is 5.65. The molecule has 0 bridgehead atoms. The van der Waals surface area contributed by atoms with E-state index < -0.39 is 0 Å². The molecule has 1 saturated carbocycles. The number of nitrogens with one attached hydrogen (secondary N) is 1. The Bertz CT molecular complexity index is 352. The average molecular weight is 251 g/mol. The van der Waals surface area contributed by atoms with Crippen LogP contribution in [0.5, 0.6) is 0 Å². The van der Waals surface area contributed by atoms with Gasteiger partial charge in [0.1, 0.15) is 0 Å². The molecule has 0 amide bonds. The Hall–Kier alpha value is -0.510. The largest absolute Gasteiger partial charge is 0.370 e. The third-order valence-corrected chi connectivity index (χ3v) is 4.02. The molecule has 1 fully saturated rings. The quantitative estimate of drug-likeness (QED) is 0.456. The van der Waals surface area contributed by atoms with Crippen LogP contribution in [-0.2, 0) is 4.74 Å². The van der Waals surface area contributed by atoms with Gasteiger partial charge in [-0.15, -0.1) is 0 Å². The average Bonchev–Trinajstić information content (AvgIpc) is 3.18. The van der Waals surface area contributed by atoms with E-state index in [0.717, 1.165) is 18.5 Å². The molecule has 0 aliphatic heterocycles. The first-order chi connectivity index (χ1) is 8.29. The maximum atomic E-state index is 5.64. The first kappa shape index (κ1) is 12.9. The minimum Gasteiger partial charge on any atom is -0.370 e. The number of hydrogen-bond acceptors (Lipinski definition) is 3. The smallest absolute Gasteiger partial charge is 0.0967 e. The molecule has 1 aromatic carbocycles. The summed E-state index contributed by atoms with van der Waals surface area (Å²) in [5, 5.41) is 3.26. The Labute approximate surface area is 108 Å². The van der Waals surface area contributed by atoms with E-state index in [1.54, 1.807) is 11.8 Å². The van der Waals surface area contributed by atoms with Gasteiger partial charge in [0.2, 0.25) is 0 Å². The van der Waals surface area contributed by atoms with Crippen molar-refractivity contribution in [3.63, 3.8) is 0 Å². The summed E-state index contributed by atoms with van der Waals surface area (Å²) in [5.41, 5.74) is 1.33. The summed E-state index contributed by atoms with van der Waals surface area (Å²) >= 11 is 1.78. The van der Waals surface area contributed by atoms with E-state index in [9.17, 15) is 0 Å². The lowest BCUT2D eigenvalue weighted by Crippen LogP contribution is -2.12. The number of thioether (sulfide) groups is 1. The van der Waals surface area contributed by atoms with Gasteiger partial charge in [0.05, 0.1) is 12.5 Å². The predicted molar refractivity (Wildman–Crippen MR) is 73.3 cm³/mol. The van der Waals surface area contributed by atoms with Gasteiger partial charge in [0.25, 0.3) is 0 Å². The molecule has 1 atom stereocenters. The zero-order valence-electron chi connectivity index (χ0n) is 10.6. The number of hydrogen-bond donors (Lipinski definition) is 1. The van der Waals surface area contributed by atoms with Crippen molar-refractivity contribution in [3.8, 4) is 0 Å². The molecular formula is C14H21NOS. The molecule has 94 valence electrons.